The third kappa shape index (κ3) is 3.78. The molecule has 4 heterocycles. The molecule has 1 aliphatic rings. The number of fused-ring (bicyclic) bond motifs is 3. The molecule has 168 valence electrons. The van der Waals surface area contributed by atoms with Gasteiger partial charge in [0.1, 0.15) is 11.2 Å². The summed E-state index contributed by atoms with van der Waals surface area (Å²) in [6, 6.07) is 6.81. The van der Waals surface area contributed by atoms with Crippen molar-refractivity contribution >= 4 is 27.2 Å². The maximum Gasteiger partial charge on any atom is 0.352 e. The highest BCUT2D eigenvalue weighted by Crippen LogP contribution is 2.29. The minimum absolute atomic E-state index is 0.172. The van der Waals surface area contributed by atoms with Crippen molar-refractivity contribution in [2.75, 3.05) is 20.2 Å². The Kier molecular flexibility index (Phi) is 5.44. The van der Waals surface area contributed by atoms with Crippen molar-refractivity contribution in [3.63, 3.8) is 0 Å². The lowest BCUT2D eigenvalue weighted by atomic mass is 10.2. The molecule has 1 aliphatic heterocycles. The van der Waals surface area contributed by atoms with Gasteiger partial charge in [0.05, 0.1) is 31.2 Å². The van der Waals surface area contributed by atoms with Gasteiger partial charge >= 0.3 is 5.69 Å². The number of aromatic nitrogens is 4. The zero-order valence-corrected chi connectivity index (χ0v) is 18.9. The van der Waals surface area contributed by atoms with E-state index in [1.165, 1.54) is 24.0 Å². The molecule has 0 saturated carbocycles. The predicted molar refractivity (Wildman–Crippen MR) is 120 cm³/mol. The highest BCUT2D eigenvalue weighted by molar-refractivity contribution is 7.18. The van der Waals surface area contributed by atoms with Crippen molar-refractivity contribution < 1.29 is 13.9 Å². The maximum absolute atomic E-state index is 14.2. The van der Waals surface area contributed by atoms with Crippen molar-refractivity contribution in [2.45, 2.75) is 39.1 Å². The van der Waals surface area contributed by atoms with Crippen LogP contribution in [0.4, 0.5) is 4.39 Å². The van der Waals surface area contributed by atoms with E-state index in [0.717, 1.165) is 34.7 Å². The molecule has 0 N–H and O–H groups in total. The normalized spacial score (nSPS) is 19.8. The maximum atomic E-state index is 14.2. The Labute approximate surface area is 187 Å². The zero-order chi connectivity index (χ0) is 22.4. The number of halogens is 1. The van der Waals surface area contributed by atoms with Crippen LogP contribution in [0, 0.1) is 5.82 Å². The van der Waals surface area contributed by atoms with Crippen molar-refractivity contribution in [1.82, 2.24) is 24.1 Å². The molecule has 4 aromatic rings. The molecule has 8 nitrogen and oxygen atoms in total. The number of methoxy groups -OCH3 is 1. The van der Waals surface area contributed by atoms with E-state index in [-0.39, 0.29) is 30.2 Å². The molecule has 0 aliphatic carbocycles. The van der Waals surface area contributed by atoms with Crippen LogP contribution in [0.1, 0.15) is 24.3 Å². The Morgan fingerprint density at radius 3 is 2.72 bits per heavy atom. The van der Waals surface area contributed by atoms with Crippen molar-refractivity contribution in [3.05, 3.63) is 57.3 Å². The van der Waals surface area contributed by atoms with Crippen molar-refractivity contribution in [3.8, 4) is 5.75 Å². The fourth-order valence-corrected chi connectivity index (χ4v) is 5.59. The smallest absolute Gasteiger partial charge is 0.352 e. The zero-order valence-electron chi connectivity index (χ0n) is 18.1. The minimum atomic E-state index is -0.460. The fraction of sp³-hybridized carbons (Fsp3) is 0.409. The van der Waals surface area contributed by atoms with E-state index in [9.17, 15) is 9.18 Å². The van der Waals surface area contributed by atoms with Crippen molar-refractivity contribution in [2.24, 2.45) is 0 Å². The molecule has 0 bridgehead atoms. The molecule has 2 atom stereocenters. The molecular weight excluding hydrogens is 433 g/mol. The highest BCUT2D eigenvalue weighted by atomic mass is 32.1. The molecule has 1 aromatic carbocycles. The van der Waals surface area contributed by atoms with Gasteiger partial charge in [-0.3, -0.25) is 9.47 Å². The lowest BCUT2D eigenvalue weighted by molar-refractivity contribution is -0.0702. The summed E-state index contributed by atoms with van der Waals surface area (Å²) >= 11 is 1.56. The number of nitrogens with zero attached hydrogens (tertiary/aromatic N) is 5. The van der Waals surface area contributed by atoms with Crippen LogP contribution in [-0.4, -0.2) is 56.5 Å². The van der Waals surface area contributed by atoms with Crippen LogP contribution in [0.5, 0.6) is 5.75 Å². The second-order valence-electron chi connectivity index (χ2n) is 8.22. The monoisotopic (exact) mass is 457 g/mol. The predicted octanol–water partition coefficient (Wildman–Crippen LogP) is 2.91. The lowest BCUT2D eigenvalue weighted by Gasteiger charge is -2.34. The Balaban J connectivity index is 1.56. The van der Waals surface area contributed by atoms with Gasteiger partial charge in [-0.15, -0.1) is 11.3 Å². The van der Waals surface area contributed by atoms with Crippen LogP contribution >= 0.6 is 11.3 Å². The first-order valence-corrected chi connectivity index (χ1v) is 11.3. The Morgan fingerprint density at radius 1 is 1.22 bits per heavy atom. The number of thiophene rings is 1. The number of ether oxygens (including phenoxy) is 2. The molecule has 5 rings (SSSR count). The van der Waals surface area contributed by atoms with Crippen LogP contribution in [0.15, 0.2) is 35.4 Å². The Bertz CT molecular complexity index is 1340. The molecule has 1 fully saturated rings. The standard InChI is InChI=1S/C22H24FN5O3S/c1-13-8-26(9-14(2)31-13)11-16-7-17-20-24-12-25-28(20)22(29)27(21(17)32-16)10-15-4-5-19(30-3)18(23)6-15/h4-7,12-14H,8-11H2,1-3H3/t13-,14+. The van der Waals surface area contributed by atoms with Crippen LogP contribution in [0.3, 0.4) is 0 Å². The summed E-state index contributed by atoms with van der Waals surface area (Å²) in [5, 5.41) is 4.98. The number of hydrogen-bond donors (Lipinski definition) is 0. The Hall–Kier alpha value is -2.82. The molecule has 0 spiro atoms. The van der Waals surface area contributed by atoms with Gasteiger partial charge in [0.2, 0.25) is 0 Å². The molecule has 0 amide bonds. The van der Waals surface area contributed by atoms with Gasteiger partial charge in [0, 0.05) is 24.5 Å². The summed E-state index contributed by atoms with van der Waals surface area (Å²) in [6.07, 6.45) is 1.75. The van der Waals surface area contributed by atoms with E-state index in [2.05, 4.69) is 34.9 Å². The summed E-state index contributed by atoms with van der Waals surface area (Å²) in [5.41, 5.74) is 0.897. The molecule has 3 aromatic heterocycles. The number of hydrogen-bond acceptors (Lipinski definition) is 7. The van der Waals surface area contributed by atoms with Crippen LogP contribution in [0.25, 0.3) is 15.9 Å². The van der Waals surface area contributed by atoms with Gasteiger partial charge < -0.3 is 9.47 Å². The van der Waals surface area contributed by atoms with Gasteiger partial charge in [-0.05, 0) is 37.6 Å². The summed E-state index contributed by atoms with van der Waals surface area (Å²) in [7, 11) is 1.42. The topological polar surface area (TPSA) is 73.9 Å². The molecule has 10 heteroatoms. The first-order valence-electron chi connectivity index (χ1n) is 10.5. The van der Waals surface area contributed by atoms with E-state index in [1.54, 1.807) is 28.0 Å². The summed E-state index contributed by atoms with van der Waals surface area (Å²) in [5.74, 6) is -0.288. The first kappa shape index (κ1) is 21.0. The van der Waals surface area contributed by atoms with E-state index in [1.807, 2.05) is 0 Å². The van der Waals surface area contributed by atoms with Crippen LogP contribution < -0.4 is 10.4 Å². The average Bonchev–Trinajstić information content (AvgIpc) is 3.37. The molecule has 0 unspecified atom stereocenters. The lowest BCUT2D eigenvalue weighted by Crippen LogP contribution is -2.44. The second kappa shape index (κ2) is 8.27. The van der Waals surface area contributed by atoms with E-state index >= 15 is 0 Å². The highest BCUT2D eigenvalue weighted by Gasteiger charge is 2.24. The summed E-state index contributed by atoms with van der Waals surface area (Å²) in [4.78, 5) is 21.8. The van der Waals surface area contributed by atoms with Crippen LogP contribution in [0.2, 0.25) is 0 Å². The van der Waals surface area contributed by atoms with Crippen LogP contribution in [-0.2, 0) is 17.8 Å². The van der Waals surface area contributed by atoms with E-state index in [4.69, 9.17) is 9.47 Å². The largest absolute Gasteiger partial charge is 0.494 e. The van der Waals surface area contributed by atoms with Crippen molar-refractivity contribution in [1.29, 1.82) is 0 Å². The van der Waals surface area contributed by atoms with Gasteiger partial charge in [-0.25, -0.2) is 14.2 Å². The quantitative estimate of drug-likeness (QED) is 0.459. The molecule has 1 saturated heterocycles. The van der Waals surface area contributed by atoms with E-state index in [0.29, 0.717) is 11.2 Å². The molecule has 32 heavy (non-hydrogen) atoms. The second-order valence-corrected chi connectivity index (χ2v) is 9.33. The average molecular weight is 458 g/mol. The third-order valence-electron chi connectivity index (χ3n) is 5.64. The molecular formula is C22H24FN5O3S. The fourth-order valence-electron chi connectivity index (χ4n) is 4.40. The minimum Gasteiger partial charge on any atom is -0.494 e. The first-order chi connectivity index (χ1) is 15.4. The van der Waals surface area contributed by atoms with Gasteiger partial charge in [-0.1, -0.05) is 6.07 Å². The van der Waals surface area contributed by atoms with E-state index < -0.39 is 5.82 Å². The molecule has 0 radical (unpaired) electrons. The number of rotatable bonds is 5. The van der Waals surface area contributed by atoms with Gasteiger partial charge in [-0.2, -0.15) is 9.61 Å². The number of morpholine rings is 1. The third-order valence-corrected chi connectivity index (χ3v) is 6.78. The summed E-state index contributed by atoms with van der Waals surface area (Å²) < 4.78 is 28.0. The van der Waals surface area contributed by atoms with Gasteiger partial charge in [0.15, 0.2) is 17.2 Å². The SMILES string of the molecule is COc1ccc(Cn2c(=O)n3ncnc3c3cc(CN4C[C@@H](C)O[C@@H](C)C4)sc32)cc1F. The Morgan fingerprint density at radius 2 is 2.00 bits per heavy atom. The summed E-state index contributed by atoms with van der Waals surface area (Å²) in [6.45, 7) is 6.87. The number of benzene rings is 1. The van der Waals surface area contributed by atoms with Gasteiger partial charge in [0.25, 0.3) is 0 Å².